The number of carbonyl (C=O) groups is 1. The molecule has 1 amide bonds. The Bertz CT molecular complexity index is 203. The van der Waals surface area contributed by atoms with Gasteiger partial charge in [-0.2, -0.15) is 0 Å². The average molecular weight is 216 g/mol. The first kappa shape index (κ1) is 14.2. The van der Waals surface area contributed by atoms with E-state index in [1.807, 2.05) is 34.6 Å². The Labute approximate surface area is 92.8 Å². The van der Waals surface area contributed by atoms with E-state index in [2.05, 4.69) is 0 Å². The van der Waals surface area contributed by atoms with Gasteiger partial charge < -0.3 is 15.4 Å². The van der Waals surface area contributed by atoms with Crippen LogP contribution in [0.2, 0.25) is 0 Å². The first-order valence-corrected chi connectivity index (χ1v) is 5.53. The van der Waals surface area contributed by atoms with Crippen molar-refractivity contribution < 1.29 is 9.53 Å². The van der Waals surface area contributed by atoms with Crippen LogP contribution in [0.15, 0.2) is 0 Å². The molecular formula is C11H24N2O2. The van der Waals surface area contributed by atoms with Crippen LogP contribution in [0.25, 0.3) is 0 Å². The third kappa shape index (κ3) is 4.51. The second kappa shape index (κ2) is 5.95. The van der Waals surface area contributed by atoms with E-state index in [1.54, 1.807) is 4.90 Å². The van der Waals surface area contributed by atoms with Gasteiger partial charge in [-0.1, -0.05) is 6.92 Å². The summed E-state index contributed by atoms with van der Waals surface area (Å²) in [4.78, 5) is 13.5. The molecule has 0 radical (unpaired) electrons. The van der Waals surface area contributed by atoms with E-state index in [1.165, 1.54) is 0 Å². The molecule has 0 aromatic carbocycles. The zero-order valence-corrected chi connectivity index (χ0v) is 10.5. The number of hydrogen-bond acceptors (Lipinski definition) is 3. The lowest BCUT2D eigenvalue weighted by atomic mass is 10.0. The zero-order chi connectivity index (χ0) is 12.1. The van der Waals surface area contributed by atoms with Crippen LogP contribution in [-0.2, 0) is 4.74 Å². The number of ether oxygens (including phenoxy) is 1. The van der Waals surface area contributed by atoms with Crippen LogP contribution >= 0.6 is 0 Å². The molecule has 4 heteroatoms. The molecule has 0 rings (SSSR count). The highest BCUT2D eigenvalue weighted by molar-refractivity contribution is 5.68. The van der Waals surface area contributed by atoms with Gasteiger partial charge in [-0.25, -0.2) is 4.79 Å². The number of nitrogens with zero attached hydrogens (tertiary/aromatic N) is 1. The molecule has 0 aliphatic heterocycles. The predicted molar refractivity (Wildman–Crippen MR) is 61.7 cm³/mol. The average Bonchev–Trinajstić information content (AvgIpc) is 2.12. The molecule has 90 valence electrons. The topological polar surface area (TPSA) is 55.6 Å². The Morgan fingerprint density at radius 2 is 2.00 bits per heavy atom. The SMILES string of the molecule is CCCN(C(=O)OC(C)C)C(C)(C)CN. The van der Waals surface area contributed by atoms with Gasteiger partial charge in [-0.3, -0.25) is 0 Å². The summed E-state index contributed by atoms with van der Waals surface area (Å²) in [7, 11) is 0. The van der Waals surface area contributed by atoms with Crippen LogP contribution in [0.1, 0.15) is 41.0 Å². The Balaban J connectivity index is 4.58. The van der Waals surface area contributed by atoms with Gasteiger partial charge in [0.15, 0.2) is 0 Å². The second-order valence-corrected chi connectivity index (χ2v) is 4.60. The zero-order valence-electron chi connectivity index (χ0n) is 10.5. The van der Waals surface area contributed by atoms with E-state index >= 15 is 0 Å². The Morgan fingerprint density at radius 1 is 1.47 bits per heavy atom. The molecule has 2 N–H and O–H groups in total. The molecule has 0 heterocycles. The number of carbonyl (C=O) groups excluding carboxylic acids is 1. The fourth-order valence-electron chi connectivity index (χ4n) is 1.24. The largest absolute Gasteiger partial charge is 0.447 e. The quantitative estimate of drug-likeness (QED) is 0.764. The minimum absolute atomic E-state index is 0.0922. The molecule has 0 bridgehead atoms. The number of nitrogens with two attached hydrogens (primary N) is 1. The minimum atomic E-state index is -0.345. The normalized spacial score (nSPS) is 11.7. The smallest absolute Gasteiger partial charge is 0.410 e. The van der Waals surface area contributed by atoms with E-state index in [4.69, 9.17) is 10.5 Å². The standard InChI is InChI=1S/C11H24N2O2/c1-6-7-13(11(4,5)8-12)10(14)15-9(2)3/h9H,6-8,12H2,1-5H3. The maximum Gasteiger partial charge on any atom is 0.410 e. The van der Waals surface area contributed by atoms with Crippen LogP contribution < -0.4 is 5.73 Å². The lowest BCUT2D eigenvalue weighted by molar-refractivity contribution is 0.0454. The van der Waals surface area contributed by atoms with Gasteiger partial charge in [0.1, 0.15) is 0 Å². The highest BCUT2D eigenvalue weighted by atomic mass is 16.6. The highest BCUT2D eigenvalue weighted by Gasteiger charge is 2.30. The van der Waals surface area contributed by atoms with Crippen LogP contribution in [0, 0.1) is 0 Å². The third-order valence-corrected chi connectivity index (χ3v) is 2.23. The maximum absolute atomic E-state index is 11.8. The fraction of sp³-hybridized carbons (Fsp3) is 0.909. The number of amides is 1. The summed E-state index contributed by atoms with van der Waals surface area (Å²) >= 11 is 0. The summed E-state index contributed by atoms with van der Waals surface area (Å²) in [5.74, 6) is 0. The summed E-state index contributed by atoms with van der Waals surface area (Å²) in [6, 6.07) is 0. The molecule has 0 aromatic heterocycles. The van der Waals surface area contributed by atoms with Crippen molar-refractivity contribution in [1.82, 2.24) is 4.90 Å². The van der Waals surface area contributed by atoms with Gasteiger partial charge in [-0.05, 0) is 34.1 Å². The van der Waals surface area contributed by atoms with Crippen LogP contribution in [0.3, 0.4) is 0 Å². The van der Waals surface area contributed by atoms with Crippen LogP contribution in [0.5, 0.6) is 0 Å². The van der Waals surface area contributed by atoms with Gasteiger partial charge >= 0.3 is 6.09 Å². The third-order valence-electron chi connectivity index (χ3n) is 2.23. The van der Waals surface area contributed by atoms with Crippen molar-refractivity contribution in [2.24, 2.45) is 5.73 Å². The number of hydrogen-bond donors (Lipinski definition) is 1. The van der Waals surface area contributed by atoms with Gasteiger partial charge in [0.2, 0.25) is 0 Å². The first-order valence-electron chi connectivity index (χ1n) is 5.53. The molecule has 0 unspecified atom stereocenters. The monoisotopic (exact) mass is 216 g/mol. The van der Waals surface area contributed by atoms with E-state index in [0.29, 0.717) is 13.1 Å². The Kier molecular flexibility index (Phi) is 5.65. The van der Waals surface area contributed by atoms with Crippen molar-refractivity contribution in [3.63, 3.8) is 0 Å². The second-order valence-electron chi connectivity index (χ2n) is 4.60. The molecular weight excluding hydrogens is 192 g/mol. The predicted octanol–water partition coefficient (Wildman–Crippen LogP) is 1.98. The molecule has 15 heavy (non-hydrogen) atoms. The summed E-state index contributed by atoms with van der Waals surface area (Å²) in [5.41, 5.74) is 5.31. The molecule has 0 saturated carbocycles. The molecule has 0 fully saturated rings. The minimum Gasteiger partial charge on any atom is -0.447 e. The van der Waals surface area contributed by atoms with Crippen molar-refractivity contribution in [2.45, 2.75) is 52.7 Å². The van der Waals surface area contributed by atoms with E-state index in [-0.39, 0.29) is 17.7 Å². The van der Waals surface area contributed by atoms with Crippen molar-refractivity contribution >= 4 is 6.09 Å². The van der Waals surface area contributed by atoms with E-state index < -0.39 is 0 Å². The molecule has 4 nitrogen and oxygen atoms in total. The molecule has 0 spiro atoms. The summed E-state index contributed by atoms with van der Waals surface area (Å²) in [6.07, 6.45) is 0.532. The Hall–Kier alpha value is -0.770. The lowest BCUT2D eigenvalue weighted by Crippen LogP contribution is -2.53. The fourth-order valence-corrected chi connectivity index (χ4v) is 1.24. The van der Waals surface area contributed by atoms with Crippen molar-refractivity contribution in [1.29, 1.82) is 0 Å². The first-order chi connectivity index (χ1) is 6.85. The highest BCUT2D eigenvalue weighted by Crippen LogP contribution is 2.15. The van der Waals surface area contributed by atoms with Crippen molar-refractivity contribution in [2.75, 3.05) is 13.1 Å². The van der Waals surface area contributed by atoms with Crippen LogP contribution in [-0.4, -0.2) is 35.7 Å². The molecule has 0 aliphatic rings. The van der Waals surface area contributed by atoms with Crippen molar-refractivity contribution in [3.8, 4) is 0 Å². The summed E-state index contributed by atoms with van der Waals surface area (Å²) < 4.78 is 5.18. The summed E-state index contributed by atoms with van der Waals surface area (Å²) in [5, 5.41) is 0. The van der Waals surface area contributed by atoms with E-state index in [0.717, 1.165) is 6.42 Å². The van der Waals surface area contributed by atoms with Gasteiger partial charge in [0.25, 0.3) is 0 Å². The van der Waals surface area contributed by atoms with Crippen LogP contribution in [0.4, 0.5) is 4.79 Å². The maximum atomic E-state index is 11.8. The molecule has 0 saturated heterocycles. The van der Waals surface area contributed by atoms with Gasteiger partial charge in [0, 0.05) is 13.1 Å². The van der Waals surface area contributed by atoms with Crippen molar-refractivity contribution in [3.05, 3.63) is 0 Å². The molecule has 0 aliphatic carbocycles. The molecule has 0 aromatic rings. The number of rotatable bonds is 5. The van der Waals surface area contributed by atoms with E-state index in [9.17, 15) is 4.79 Å². The summed E-state index contributed by atoms with van der Waals surface area (Å²) in [6.45, 7) is 10.7. The molecule has 0 atom stereocenters. The van der Waals surface area contributed by atoms with Gasteiger partial charge in [-0.15, -0.1) is 0 Å². The van der Waals surface area contributed by atoms with Gasteiger partial charge in [0.05, 0.1) is 11.6 Å². The lowest BCUT2D eigenvalue weighted by Gasteiger charge is -2.37. The Morgan fingerprint density at radius 3 is 2.33 bits per heavy atom.